The van der Waals surface area contributed by atoms with Gasteiger partial charge >= 0.3 is 5.97 Å². The highest BCUT2D eigenvalue weighted by molar-refractivity contribution is 5.97. The third-order valence-corrected chi connectivity index (χ3v) is 2.07. The van der Waals surface area contributed by atoms with Crippen LogP contribution in [0.1, 0.15) is 5.56 Å². The first-order valence-electron chi connectivity index (χ1n) is 5.24. The standard InChI is InChI=1S/C13H13NO4/c1-17-6-7-18-13(16)11(9-14)8-10-2-4-12(15)5-3-10/h2-5,8,15H,6-7H2,1H3. The van der Waals surface area contributed by atoms with Crippen molar-refractivity contribution in [3.8, 4) is 11.8 Å². The Kier molecular flexibility index (Phi) is 5.42. The first kappa shape index (κ1) is 13.7. The van der Waals surface area contributed by atoms with Gasteiger partial charge in [-0.1, -0.05) is 12.1 Å². The Morgan fingerprint density at radius 3 is 2.61 bits per heavy atom. The van der Waals surface area contributed by atoms with Crippen molar-refractivity contribution in [2.24, 2.45) is 0 Å². The number of carbonyl (C=O) groups excluding carboxylic acids is 1. The molecule has 94 valence electrons. The highest BCUT2D eigenvalue weighted by Crippen LogP contribution is 2.13. The van der Waals surface area contributed by atoms with Gasteiger partial charge in [0.15, 0.2) is 0 Å². The van der Waals surface area contributed by atoms with Gasteiger partial charge in [-0.05, 0) is 23.8 Å². The van der Waals surface area contributed by atoms with E-state index in [9.17, 15) is 4.79 Å². The Labute approximate surface area is 105 Å². The number of esters is 1. The van der Waals surface area contributed by atoms with Crippen molar-refractivity contribution < 1.29 is 19.4 Å². The zero-order valence-corrected chi connectivity index (χ0v) is 9.92. The molecule has 18 heavy (non-hydrogen) atoms. The topological polar surface area (TPSA) is 79.5 Å². The molecule has 0 atom stereocenters. The highest BCUT2D eigenvalue weighted by Gasteiger charge is 2.10. The van der Waals surface area contributed by atoms with E-state index in [2.05, 4.69) is 0 Å². The molecule has 0 radical (unpaired) electrons. The van der Waals surface area contributed by atoms with Gasteiger partial charge in [-0.15, -0.1) is 0 Å². The van der Waals surface area contributed by atoms with Crippen LogP contribution in [0.25, 0.3) is 6.08 Å². The van der Waals surface area contributed by atoms with Crippen LogP contribution in [0.15, 0.2) is 29.8 Å². The molecule has 0 amide bonds. The van der Waals surface area contributed by atoms with Crippen LogP contribution in [0.4, 0.5) is 0 Å². The molecule has 1 rings (SSSR count). The lowest BCUT2D eigenvalue weighted by Gasteiger charge is -2.02. The largest absolute Gasteiger partial charge is 0.508 e. The van der Waals surface area contributed by atoms with E-state index in [4.69, 9.17) is 19.8 Å². The van der Waals surface area contributed by atoms with E-state index in [0.717, 1.165) is 0 Å². The number of hydrogen-bond acceptors (Lipinski definition) is 5. The van der Waals surface area contributed by atoms with Gasteiger partial charge in [0, 0.05) is 7.11 Å². The van der Waals surface area contributed by atoms with Crippen LogP contribution in [-0.2, 0) is 14.3 Å². The van der Waals surface area contributed by atoms with Gasteiger partial charge in [-0.3, -0.25) is 0 Å². The van der Waals surface area contributed by atoms with Gasteiger partial charge in [0.1, 0.15) is 24.0 Å². The van der Waals surface area contributed by atoms with Crippen molar-refractivity contribution in [1.29, 1.82) is 5.26 Å². The fourth-order valence-corrected chi connectivity index (χ4v) is 1.17. The van der Waals surface area contributed by atoms with E-state index < -0.39 is 5.97 Å². The molecule has 0 bridgehead atoms. The van der Waals surface area contributed by atoms with Crippen molar-refractivity contribution in [2.45, 2.75) is 0 Å². The normalized spacial score (nSPS) is 10.8. The quantitative estimate of drug-likeness (QED) is 0.369. The van der Waals surface area contributed by atoms with Crippen LogP contribution in [0.5, 0.6) is 5.75 Å². The SMILES string of the molecule is COCCOC(=O)C(C#N)=Cc1ccc(O)cc1. The molecule has 0 saturated heterocycles. The Morgan fingerprint density at radius 1 is 1.39 bits per heavy atom. The Hall–Kier alpha value is -2.32. The lowest BCUT2D eigenvalue weighted by Crippen LogP contribution is -2.11. The van der Waals surface area contributed by atoms with Crippen LogP contribution in [0.3, 0.4) is 0 Å². The summed E-state index contributed by atoms with van der Waals surface area (Å²) >= 11 is 0. The molecule has 1 aromatic carbocycles. The number of hydrogen-bond donors (Lipinski definition) is 1. The number of rotatable bonds is 5. The van der Waals surface area contributed by atoms with Crippen molar-refractivity contribution in [2.75, 3.05) is 20.3 Å². The molecule has 1 N–H and O–H groups in total. The summed E-state index contributed by atoms with van der Waals surface area (Å²) in [5, 5.41) is 18.0. The summed E-state index contributed by atoms with van der Waals surface area (Å²) in [5.41, 5.74) is 0.532. The molecule has 1 aromatic rings. The third-order valence-electron chi connectivity index (χ3n) is 2.07. The summed E-state index contributed by atoms with van der Waals surface area (Å²) in [6.45, 7) is 0.383. The maximum absolute atomic E-state index is 11.5. The number of phenols is 1. The maximum Gasteiger partial charge on any atom is 0.348 e. The molecule has 0 unspecified atom stereocenters. The van der Waals surface area contributed by atoms with Crippen molar-refractivity contribution in [3.05, 3.63) is 35.4 Å². The molecule has 0 aromatic heterocycles. The van der Waals surface area contributed by atoms with E-state index in [0.29, 0.717) is 5.56 Å². The van der Waals surface area contributed by atoms with E-state index in [-0.39, 0.29) is 24.5 Å². The number of aromatic hydroxyl groups is 1. The Bertz CT molecular complexity index is 471. The second-order valence-corrected chi connectivity index (χ2v) is 3.39. The van der Waals surface area contributed by atoms with E-state index in [1.807, 2.05) is 0 Å². The molecule has 0 heterocycles. The van der Waals surface area contributed by atoms with Crippen molar-refractivity contribution in [1.82, 2.24) is 0 Å². The van der Waals surface area contributed by atoms with Crippen molar-refractivity contribution in [3.63, 3.8) is 0 Å². The molecular weight excluding hydrogens is 234 g/mol. The molecule has 5 heteroatoms. The van der Waals surface area contributed by atoms with Gasteiger partial charge in [0.2, 0.25) is 0 Å². The summed E-state index contributed by atoms with van der Waals surface area (Å²) < 4.78 is 9.56. The minimum absolute atomic E-state index is 0.100. The van der Waals surface area contributed by atoms with Gasteiger partial charge in [0.05, 0.1) is 6.61 Å². The molecule has 5 nitrogen and oxygen atoms in total. The van der Waals surface area contributed by atoms with Crippen LogP contribution < -0.4 is 0 Å². The maximum atomic E-state index is 11.5. The fourth-order valence-electron chi connectivity index (χ4n) is 1.17. The molecule has 0 aliphatic heterocycles. The number of ether oxygens (including phenoxy) is 2. The number of nitriles is 1. The lowest BCUT2D eigenvalue weighted by atomic mass is 10.1. The zero-order chi connectivity index (χ0) is 13.4. The zero-order valence-electron chi connectivity index (χ0n) is 9.92. The molecule has 0 aliphatic carbocycles. The Morgan fingerprint density at radius 2 is 2.06 bits per heavy atom. The van der Waals surface area contributed by atoms with Crippen LogP contribution in [0.2, 0.25) is 0 Å². The summed E-state index contributed by atoms with van der Waals surface area (Å²) in [6.07, 6.45) is 1.40. The highest BCUT2D eigenvalue weighted by atomic mass is 16.6. The minimum Gasteiger partial charge on any atom is -0.508 e. The lowest BCUT2D eigenvalue weighted by molar-refractivity contribution is -0.139. The number of carbonyl (C=O) groups is 1. The monoisotopic (exact) mass is 247 g/mol. The first-order valence-corrected chi connectivity index (χ1v) is 5.24. The second kappa shape index (κ2) is 7.09. The van der Waals surface area contributed by atoms with Crippen LogP contribution in [0, 0.1) is 11.3 Å². The van der Waals surface area contributed by atoms with Gasteiger partial charge in [-0.25, -0.2) is 4.79 Å². The number of nitrogens with zero attached hydrogens (tertiary/aromatic N) is 1. The van der Waals surface area contributed by atoms with E-state index >= 15 is 0 Å². The predicted octanol–water partition coefficient (Wildman–Crippen LogP) is 1.49. The van der Waals surface area contributed by atoms with Crippen LogP contribution >= 0.6 is 0 Å². The summed E-state index contributed by atoms with van der Waals surface area (Å²) in [4.78, 5) is 11.5. The average molecular weight is 247 g/mol. The smallest absolute Gasteiger partial charge is 0.348 e. The molecule has 0 fully saturated rings. The molecule has 0 saturated carbocycles. The average Bonchev–Trinajstić information content (AvgIpc) is 2.38. The van der Waals surface area contributed by atoms with Gasteiger partial charge < -0.3 is 14.6 Å². The second-order valence-electron chi connectivity index (χ2n) is 3.39. The van der Waals surface area contributed by atoms with E-state index in [1.54, 1.807) is 18.2 Å². The first-order chi connectivity index (χ1) is 8.67. The van der Waals surface area contributed by atoms with E-state index in [1.165, 1.54) is 25.3 Å². The predicted molar refractivity (Wildman–Crippen MR) is 64.5 cm³/mol. The fraction of sp³-hybridized carbons (Fsp3) is 0.231. The molecule has 0 aliphatic rings. The van der Waals surface area contributed by atoms with Crippen molar-refractivity contribution >= 4 is 12.0 Å². The number of benzene rings is 1. The molecular formula is C13H13NO4. The van der Waals surface area contributed by atoms with Gasteiger partial charge in [0.25, 0.3) is 0 Å². The third kappa shape index (κ3) is 4.28. The summed E-state index contributed by atoms with van der Waals surface area (Å²) in [6, 6.07) is 7.90. The van der Waals surface area contributed by atoms with Gasteiger partial charge in [-0.2, -0.15) is 5.26 Å². The Balaban J connectivity index is 2.74. The van der Waals surface area contributed by atoms with Crippen LogP contribution in [-0.4, -0.2) is 31.4 Å². The number of phenolic OH excluding ortho intramolecular Hbond substituents is 1. The summed E-state index contributed by atoms with van der Waals surface area (Å²) in [7, 11) is 1.49. The minimum atomic E-state index is -0.692. The summed E-state index contributed by atoms with van der Waals surface area (Å²) in [5.74, 6) is -0.573. The molecule has 0 spiro atoms. The number of methoxy groups -OCH3 is 1.